The number of hydrogen-bond acceptors (Lipinski definition) is 4. The fourth-order valence-electron chi connectivity index (χ4n) is 2.29. The van der Waals surface area contributed by atoms with Gasteiger partial charge < -0.3 is 5.32 Å². The Labute approximate surface area is 125 Å². The smallest absolute Gasteiger partial charge is 0.217 e. The molecule has 0 atom stereocenters. The molecule has 6 heteroatoms. The van der Waals surface area contributed by atoms with Crippen molar-refractivity contribution in [2.24, 2.45) is 0 Å². The Balaban J connectivity index is 1.81. The zero-order valence-electron chi connectivity index (χ0n) is 10.8. The molecule has 1 N–H and O–H groups in total. The fourth-order valence-corrected chi connectivity index (χ4v) is 3.82. The molecule has 0 aromatic carbocycles. The van der Waals surface area contributed by atoms with E-state index in [1.807, 2.05) is 11.4 Å². The quantitative estimate of drug-likeness (QED) is 0.852. The van der Waals surface area contributed by atoms with Crippen LogP contribution in [0.3, 0.4) is 0 Å². The summed E-state index contributed by atoms with van der Waals surface area (Å²) in [6.45, 7) is 3.73. The van der Waals surface area contributed by atoms with Gasteiger partial charge in [-0.2, -0.15) is 0 Å². The molecule has 1 saturated heterocycles. The predicted octanol–water partition coefficient (Wildman–Crippen LogP) is 2.29. The van der Waals surface area contributed by atoms with E-state index < -0.39 is 0 Å². The molecule has 2 heterocycles. The summed E-state index contributed by atoms with van der Waals surface area (Å²) < 4.78 is 0.885. The number of rotatable bonds is 4. The zero-order chi connectivity index (χ0) is 13.8. The molecule has 0 bridgehead atoms. The van der Waals surface area contributed by atoms with Gasteiger partial charge in [0.15, 0.2) is 5.78 Å². The summed E-state index contributed by atoms with van der Waals surface area (Å²) in [6.07, 6.45) is 1.83. The monoisotopic (exact) mass is 344 g/mol. The van der Waals surface area contributed by atoms with E-state index in [-0.39, 0.29) is 17.7 Å². The van der Waals surface area contributed by atoms with Crippen LogP contribution in [-0.2, 0) is 4.79 Å². The van der Waals surface area contributed by atoms with E-state index in [0.717, 1.165) is 35.3 Å². The SMILES string of the molecule is CC(=O)NC1CCN(CC(=O)c2sccc2Br)CC1. The Morgan fingerprint density at radius 2 is 2.16 bits per heavy atom. The Morgan fingerprint density at radius 3 is 2.68 bits per heavy atom. The highest BCUT2D eigenvalue weighted by atomic mass is 79.9. The van der Waals surface area contributed by atoms with Gasteiger partial charge in [0.25, 0.3) is 0 Å². The summed E-state index contributed by atoms with van der Waals surface area (Å²) in [5.74, 6) is 0.192. The van der Waals surface area contributed by atoms with Crippen LogP contribution in [0, 0.1) is 0 Å². The third-order valence-corrected chi connectivity index (χ3v) is 5.11. The van der Waals surface area contributed by atoms with Crippen molar-refractivity contribution in [3.8, 4) is 0 Å². The van der Waals surface area contributed by atoms with E-state index in [1.165, 1.54) is 11.3 Å². The van der Waals surface area contributed by atoms with Gasteiger partial charge in [0.05, 0.1) is 11.4 Å². The molecular weight excluding hydrogens is 328 g/mol. The van der Waals surface area contributed by atoms with Crippen LogP contribution in [0.1, 0.15) is 29.4 Å². The minimum atomic E-state index is 0.0250. The van der Waals surface area contributed by atoms with Gasteiger partial charge in [-0.25, -0.2) is 0 Å². The van der Waals surface area contributed by atoms with Crippen molar-refractivity contribution in [1.82, 2.24) is 10.2 Å². The number of Topliss-reactive ketones (excluding diaryl/α,β-unsaturated/α-hetero) is 1. The molecule has 0 spiro atoms. The average Bonchev–Trinajstić information content (AvgIpc) is 2.77. The van der Waals surface area contributed by atoms with E-state index in [2.05, 4.69) is 26.1 Å². The van der Waals surface area contributed by atoms with Crippen molar-refractivity contribution in [1.29, 1.82) is 0 Å². The maximum Gasteiger partial charge on any atom is 0.217 e. The number of piperidine rings is 1. The highest BCUT2D eigenvalue weighted by Crippen LogP contribution is 2.23. The maximum absolute atomic E-state index is 12.1. The molecule has 1 aromatic heterocycles. The number of thiophene rings is 1. The number of carbonyl (C=O) groups excluding carboxylic acids is 2. The van der Waals surface area contributed by atoms with Crippen LogP contribution in [0.25, 0.3) is 0 Å². The van der Waals surface area contributed by atoms with Crippen molar-refractivity contribution < 1.29 is 9.59 Å². The van der Waals surface area contributed by atoms with Crippen LogP contribution in [0.2, 0.25) is 0 Å². The number of hydrogen-bond donors (Lipinski definition) is 1. The molecule has 2 rings (SSSR count). The second-order valence-electron chi connectivity index (χ2n) is 4.77. The van der Waals surface area contributed by atoms with Gasteiger partial charge in [0.1, 0.15) is 0 Å². The maximum atomic E-state index is 12.1. The van der Waals surface area contributed by atoms with Gasteiger partial charge in [-0.1, -0.05) is 0 Å². The fraction of sp³-hybridized carbons (Fsp3) is 0.538. The minimum absolute atomic E-state index is 0.0250. The first-order chi connectivity index (χ1) is 9.06. The Kier molecular flexibility index (Phi) is 5.13. The molecule has 0 unspecified atom stereocenters. The number of nitrogens with zero attached hydrogens (tertiary/aromatic N) is 1. The molecule has 1 aliphatic heterocycles. The molecule has 19 heavy (non-hydrogen) atoms. The Morgan fingerprint density at radius 1 is 1.47 bits per heavy atom. The molecule has 0 radical (unpaired) electrons. The lowest BCUT2D eigenvalue weighted by molar-refractivity contribution is -0.119. The third-order valence-electron chi connectivity index (χ3n) is 3.23. The number of likely N-dealkylation sites (tertiary alicyclic amines) is 1. The summed E-state index contributed by atoms with van der Waals surface area (Å²) in [5, 5.41) is 4.85. The molecule has 4 nitrogen and oxygen atoms in total. The number of carbonyl (C=O) groups is 2. The van der Waals surface area contributed by atoms with E-state index >= 15 is 0 Å². The number of ketones is 1. The summed E-state index contributed by atoms with van der Waals surface area (Å²) in [7, 11) is 0. The first kappa shape index (κ1) is 14.7. The summed E-state index contributed by atoms with van der Waals surface area (Å²) in [5.41, 5.74) is 0. The van der Waals surface area contributed by atoms with Gasteiger partial charge in [-0.15, -0.1) is 11.3 Å². The topological polar surface area (TPSA) is 49.4 Å². The first-order valence-electron chi connectivity index (χ1n) is 6.32. The summed E-state index contributed by atoms with van der Waals surface area (Å²) >= 11 is 4.87. The number of amides is 1. The van der Waals surface area contributed by atoms with Crippen LogP contribution in [0.4, 0.5) is 0 Å². The summed E-state index contributed by atoms with van der Waals surface area (Å²) in [4.78, 5) is 26.1. The number of halogens is 1. The first-order valence-corrected chi connectivity index (χ1v) is 7.99. The molecule has 1 aromatic rings. The van der Waals surface area contributed by atoms with Crippen molar-refractivity contribution in [2.45, 2.75) is 25.8 Å². The van der Waals surface area contributed by atoms with Crippen molar-refractivity contribution >= 4 is 39.0 Å². The second-order valence-corrected chi connectivity index (χ2v) is 6.54. The highest BCUT2D eigenvalue weighted by molar-refractivity contribution is 9.10. The molecule has 0 aliphatic carbocycles. The van der Waals surface area contributed by atoms with Gasteiger partial charge in [0.2, 0.25) is 5.91 Å². The highest BCUT2D eigenvalue weighted by Gasteiger charge is 2.22. The van der Waals surface area contributed by atoms with Crippen LogP contribution < -0.4 is 5.32 Å². The molecule has 104 valence electrons. The lowest BCUT2D eigenvalue weighted by atomic mass is 10.0. The van der Waals surface area contributed by atoms with E-state index in [4.69, 9.17) is 0 Å². The van der Waals surface area contributed by atoms with Gasteiger partial charge >= 0.3 is 0 Å². The minimum Gasteiger partial charge on any atom is -0.354 e. The average molecular weight is 345 g/mol. The molecule has 0 saturated carbocycles. The summed E-state index contributed by atoms with van der Waals surface area (Å²) in [6, 6.07) is 2.17. The van der Waals surface area contributed by atoms with Gasteiger partial charge in [-0.05, 0) is 40.2 Å². The van der Waals surface area contributed by atoms with Crippen LogP contribution >= 0.6 is 27.3 Å². The predicted molar refractivity (Wildman–Crippen MR) is 79.6 cm³/mol. The Bertz CT molecular complexity index is 467. The second kappa shape index (κ2) is 6.63. The van der Waals surface area contributed by atoms with E-state index in [9.17, 15) is 9.59 Å². The number of nitrogens with one attached hydrogen (secondary N) is 1. The Hall–Kier alpha value is -0.720. The van der Waals surface area contributed by atoms with Gasteiger partial charge in [0, 0.05) is 30.5 Å². The normalized spacial score (nSPS) is 17.4. The lowest BCUT2D eigenvalue weighted by Crippen LogP contribution is -2.45. The van der Waals surface area contributed by atoms with E-state index in [0.29, 0.717) is 6.54 Å². The molecular formula is C13H17BrN2O2S. The molecule has 1 amide bonds. The van der Waals surface area contributed by atoms with Gasteiger partial charge in [-0.3, -0.25) is 14.5 Å². The van der Waals surface area contributed by atoms with Crippen molar-refractivity contribution in [3.63, 3.8) is 0 Å². The van der Waals surface area contributed by atoms with Crippen LogP contribution in [-0.4, -0.2) is 42.3 Å². The lowest BCUT2D eigenvalue weighted by Gasteiger charge is -2.31. The zero-order valence-corrected chi connectivity index (χ0v) is 13.2. The standard InChI is InChI=1S/C13H17BrN2O2S/c1-9(17)15-10-2-5-16(6-3-10)8-12(18)13-11(14)4-7-19-13/h4,7,10H,2-3,5-6,8H2,1H3,(H,15,17). The largest absolute Gasteiger partial charge is 0.354 e. The van der Waals surface area contributed by atoms with Crippen molar-refractivity contribution in [2.75, 3.05) is 19.6 Å². The third kappa shape index (κ3) is 4.12. The van der Waals surface area contributed by atoms with E-state index in [1.54, 1.807) is 6.92 Å². The van der Waals surface area contributed by atoms with Crippen LogP contribution in [0.5, 0.6) is 0 Å². The van der Waals surface area contributed by atoms with Crippen LogP contribution in [0.15, 0.2) is 15.9 Å². The van der Waals surface area contributed by atoms with Crippen molar-refractivity contribution in [3.05, 3.63) is 20.8 Å². The molecule has 1 fully saturated rings. The molecule has 1 aliphatic rings.